The highest BCUT2D eigenvalue weighted by atomic mass is 32.1. The normalized spacial score (nSPS) is 22.6. The summed E-state index contributed by atoms with van der Waals surface area (Å²) in [5.41, 5.74) is 1.93. The molecule has 1 spiro atoms. The lowest BCUT2D eigenvalue weighted by atomic mass is 9.83. The van der Waals surface area contributed by atoms with Gasteiger partial charge in [-0.2, -0.15) is 0 Å². The Morgan fingerprint density at radius 2 is 2.03 bits per heavy atom. The van der Waals surface area contributed by atoms with Gasteiger partial charge in [0, 0.05) is 30.4 Å². The Bertz CT molecular complexity index is 886. The maximum atomic E-state index is 12.9. The molecular formula is C23H29N3O3S. The number of carbonyl (C=O) groups excluding carboxylic acids is 1. The molecule has 1 aliphatic carbocycles. The minimum atomic E-state index is -0.841. The van der Waals surface area contributed by atoms with Gasteiger partial charge in [0.2, 0.25) is 0 Å². The zero-order chi connectivity index (χ0) is 20.6. The molecule has 4 heterocycles. The van der Waals surface area contributed by atoms with Crippen LogP contribution in [-0.2, 0) is 21.6 Å². The second-order valence-corrected chi connectivity index (χ2v) is 9.87. The van der Waals surface area contributed by atoms with Crippen molar-refractivity contribution < 1.29 is 14.6 Å². The van der Waals surface area contributed by atoms with Crippen LogP contribution >= 0.6 is 11.3 Å². The van der Waals surface area contributed by atoms with Crippen molar-refractivity contribution in [2.45, 2.75) is 63.1 Å². The Labute approximate surface area is 181 Å². The van der Waals surface area contributed by atoms with E-state index in [0.717, 1.165) is 55.5 Å². The first-order valence-electron chi connectivity index (χ1n) is 11.2. The molecular weight excluding hydrogens is 398 g/mol. The number of rotatable bonds is 3. The van der Waals surface area contributed by atoms with Crippen molar-refractivity contribution in [3.05, 3.63) is 35.1 Å². The van der Waals surface area contributed by atoms with Gasteiger partial charge in [-0.3, -0.25) is 14.8 Å². The van der Waals surface area contributed by atoms with Crippen molar-refractivity contribution in [2.75, 3.05) is 19.7 Å². The molecule has 2 aromatic rings. The van der Waals surface area contributed by atoms with Crippen LogP contribution in [0.3, 0.4) is 0 Å². The van der Waals surface area contributed by atoms with E-state index in [1.165, 1.54) is 16.9 Å². The van der Waals surface area contributed by atoms with Crippen molar-refractivity contribution in [2.24, 2.45) is 5.92 Å². The van der Waals surface area contributed by atoms with E-state index in [2.05, 4.69) is 16.0 Å². The highest BCUT2D eigenvalue weighted by Crippen LogP contribution is 2.47. The van der Waals surface area contributed by atoms with E-state index in [4.69, 9.17) is 4.74 Å². The smallest absolute Gasteiger partial charge is 0.251 e. The molecule has 5 rings (SSSR count). The maximum absolute atomic E-state index is 12.9. The quantitative estimate of drug-likeness (QED) is 0.811. The molecule has 30 heavy (non-hydrogen) atoms. The van der Waals surface area contributed by atoms with Crippen LogP contribution in [0.1, 0.15) is 55.4 Å². The third-order valence-electron chi connectivity index (χ3n) is 7.02. The molecule has 160 valence electrons. The van der Waals surface area contributed by atoms with E-state index in [0.29, 0.717) is 19.7 Å². The summed E-state index contributed by atoms with van der Waals surface area (Å²) in [5.74, 6) is 0.0470. The summed E-state index contributed by atoms with van der Waals surface area (Å²) < 4.78 is 6.36. The number of piperidine rings is 1. The molecule has 6 nitrogen and oxygen atoms in total. The van der Waals surface area contributed by atoms with Gasteiger partial charge in [-0.15, -0.1) is 11.3 Å². The van der Waals surface area contributed by atoms with Crippen LogP contribution in [0.4, 0.5) is 0 Å². The minimum Gasteiger partial charge on any atom is -0.383 e. The average Bonchev–Trinajstić information content (AvgIpc) is 3.26. The number of likely N-dealkylation sites (tertiary alicyclic amines) is 1. The monoisotopic (exact) mass is 427 g/mol. The predicted molar refractivity (Wildman–Crippen MR) is 115 cm³/mol. The molecule has 7 heteroatoms. The number of hydrogen-bond acceptors (Lipinski definition) is 6. The largest absolute Gasteiger partial charge is 0.383 e. The Morgan fingerprint density at radius 1 is 1.23 bits per heavy atom. The van der Waals surface area contributed by atoms with Gasteiger partial charge >= 0.3 is 0 Å². The van der Waals surface area contributed by atoms with Crippen LogP contribution in [0.2, 0.25) is 0 Å². The number of thiophene rings is 1. The van der Waals surface area contributed by atoms with Gasteiger partial charge in [-0.1, -0.05) is 19.3 Å². The molecule has 2 fully saturated rings. The topological polar surface area (TPSA) is 75.5 Å². The van der Waals surface area contributed by atoms with Crippen molar-refractivity contribution in [3.8, 4) is 10.6 Å². The zero-order valence-corrected chi connectivity index (χ0v) is 18.1. The number of ether oxygens (including phenoxy) is 1. The lowest BCUT2D eigenvalue weighted by molar-refractivity contribution is -0.151. The van der Waals surface area contributed by atoms with Gasteiger partial charge in [-0.25, -0.2) is 0 Å². The van der Waals surface area contributed by atoms with Crippen LogP contribution in [-0.4, -0.2) is 51.7 Å². The van der Waals surface area contributed by atoms with E-state index >= 15 is 0 Å². The standard InChI is InChI=1S/C23H29N3O3S/c27-20(16-4-2-1-3-5-16)22(28)26-11-7-23(8-12-26)21-17(6-13-29-23)14-19(30-21)18-15-24-9-10-25-18/h9-10,14-16,20,27H,1-8,11-13H2/t20-/m1/s1. The van der Waals surface area contributed by atoms with Gasteiger partial charge in [-0.05, 0) is 49.7 Å². The highest BCUT2D eigenvalue weighted by molar-refractivity contribution is 7.15. The summed E-state index contributed by atoms with van der Waals surface area (Å²) in [6.45, 7) is 1.99. The Balaban J connectivity index is 1.30. The van der Waals surface area contributed by atoms with E-state index < -0.39 is 6.10 Å². The molecule has 1 amide bonds. The molecule has 0 unspecified atom stereocenters. The van der Waals surface area contributed by atoms with Gasteiger partial charge in [0.05, 0.1) is 23.4 Å². The number of fused-ring (bicyclic) bond motifs is 2. The van der Waals surface area contributed by atoms with Crippen molar-refractivity contribution in [1.29, 1.82) is 0 Å². The summed E-state index contributed by atoms with van der Waals surface area (Å²) >= 11 is 1.75. The fraction of sp³-hybridized carbons (Fsp3) is 0.609. The lowest BCUT2D eigenvalue weighted by Crippen LogP contribution is -2.51. The van der Waals surface area contributed by atoms with E-state index in [1.807, 2.05) is 4.90 Å². The fourth-order valence-corrected chi connectivity index (χ4v) is 6.65. The number of amides is 1. The Kier molecular flexibility index (Phi) is 5.60. The molecule has 1 atom stereocenters. The van der Waals surface area contributed by atoms with Crippen molar-refractivity contribution >= 4 is 17.2 Å². The highest BCUT2D eigenvalue weighted by Gasteiger charge is 2.44. The van der Waals surface area contributed by atoms with Gasteiger partial charge in [0.15, 0.2) is 0 Å². The van der Waals surface area contributed by atoms with E-state index in [9.17, 15) is 9.90 Å². The van der Waals surface area contributed by atoms with Crippen LogP contribution in [0.25, 0.3) is 10.6 Å². The SMILES string of the molecule is O=C([C@H](O)C1CCCCC1)N1CCC2(CC1)OCCc1cc(-c3cnccn3)sc12. The van der Waals surface area contributed by atoms with Crippen LogP contribution < -0.4 is 0 Å². The molecule has 1 saturated carbocycles. The van der Waals surface area contributed by atoms with E-state index in [-0.39, 0.29) is 17.4 Å². The predicted octanol–water partition coefficient (Wildman–Crippen LogP) is 3.54. The minimum absolute atomic E-state index is 0.0841. The summed E-state index contributed by atoms with van der Waals surface area (Å²) in [6, 6.07) is 2.23. The number of aliphatic hydroxyl groups excluding tert-OH is 1. The second-order valence-electron chi connectivity index (χ2n) is 8.82. The molecule has 2 aliphatic heterocycles. The second kappa shape index (κ2) is 8.36. The third kappa shape index (κ3) is 3.67. The van der Waals surface area contributed by atoms with Gasteiger partial charge in [0.1, 0.15) is 11.7 Å². The maximum Gasteiger partial charge on any atom is 0.251 e. The van der Waals surface area contributed by atoms with Crippen LogP contribution in [0, 0.1) is 5.92 Å². The number of aromatic nitrogens is 2. The molecule has 0 radical (unpaired) electrons. The summed E-state index contributed by atoms with van der Waals surface area (Å²) in [6.07, 6.45) is 12.3. The third-order valence-corrected chi connectivity index (χ3v) is 8.41. The number of aliphatic hydroxyl groups is 1. The van der Waals surface area contributed by atoms with Gasteiger partial charge in [0.25, 0.3) is 5.91 Å². The van der Waals surface area contributed by atoms with Crippen LogP contribution in [0.15, 0.2) is 24.7 Å². The summed E-state index contributed by atoms with van der Waals surface area (Å²) in [7, 11) is 0. The number of carbonyl (C=O) groups is 1. The Morgan fingerprint density at radius 3 is 2.77 bits per heavy atom. The molecule has 1 N–H and O–H groups in total. The Hall–Kier alpha value is -1.83. The summed E-state index contributed by atoms with van der Waals surface area (Å²) in [4.78, 5) is 25.9. The van der Waals surface area contributed by atoms with Gasteiger partial charge < -0.3 is 14.7 Å². The molecule has 0 bridgehead atoms. The molecule has 1 saturated heterocycles. The summed E-state index contributed by atoms with van der Waals surface area (Å²) in [5, 5.41) is 10.7. The fourth-order valence-electron chi connectivity index (χ4n) is 5.27. The molecule has 0 aromatic carbocycles. The lowest BCUT2D eigenvalue weighted by Gasteiger charge is -2.44. The van der Waals surface area contributed by atoms with Crippen molar-refractivity contribution in [3.63, 3.8) is 0 Å². The van der Waals surface area contributed by atoms with E-state index in [1.54, 1.807) is 29.9 Å². The van der Waals surface area contributed by atoms with Crippen LogP contribution in [0.5, 0.6) is 0 Å². The number of nitrogens with zero attached hydrogens (tertiary/aromatic N) is 3. The molecule has 2 aromatic heterocycles. The number of hydrogen-bond donors (Lipinski definition) is 1. The first kappa shape index (κ1) is 20.1. The zero-order valence-electron chi connectivity index (χ0n) is 17.3. The average molecular weight is 428 g/mol. The first-order chi connectivity index (χ1) is 14.7. The van der Waals surface area contributed by atoms with Crippen molar-refractivity contribution in [1.82, 2.24) is 14.9 Å². The molecule has 3 aliphatic rings. The first-order valence-corrected chi connectivity index (χ1v) is 12.0.